The van der Waals surface area contributed by atoms with E-state index in [0.29, 0.717) is 6.92 Å². The normalized spacial score (nSPS) is 16.2. The first-order valence-corrected chi connectivity index (χ1v) is 4.01. The molecule has 0 radical (unpaired) electrons. The Morgan fingerprint density at radius 3 is 1.88 bits per heavy atom. The molecule has 0 aromatic carbocycles. The number of nitrogens with one attached hydrogen (secondary N) is 1. The van der Waals surface area contributed by atoms with Gasteiger partial charge >= 0.3 is 18.1 Å². The van der Waals surface area contributed by atoms with Crippen LogP contribution in [0.1, 0.15) is 6.92 Å². The zero-order valence-electron chi connectivity index (χ0n) is 8.31. The lowest BCUT2D eigenvalue weighted by Gasteiger charge is -2.22. The summed E-state index contributed by atoms with van der Waals surface area (Å²) in [5, 5.41) is 18.2. The number of halogens is 5. The van der Waals surface area contributed by atoms with Gasteiger partial charge in [-0.2, -0.15) is 22.0 Å². The molecule has 0 rings (SSSR count). The van der Waals surface area contributed by atoms with Gasteiger partial charge in [0.15, 0.2) is 0 Å². The van der Waals surface area contributed by atoms with Gasteiger partial charge in [-0.25, -0.2) is 4.79 Å². The molecule has 5 nitrogen and oxygen atoms in total. The van der Waals surface area contributed by atoms with Gasteiger partial charge in [0.2, 0.25) is 5.60 Å². The predicted octanol–water partition coefficient (Wildman–Crippen LogP) is 0.136. The van der Waals surface area contributed by atoms with Crippen LogP contribution in [0.25, 0.3) is 0 Å². The van der Waals surface area contributed by atoms with E-state index in [2.05, 4.69) is 0 Å². The average molecular weight is 265 g/mol. The molecule has 0 aliphatic carbocycles. The fourth-order valence-corrected chi connectivity index (χ4v) is 0.561. The first-order valence-electron chi connectivity index (χ1n) is 4.01. The second-order valence-corrected chi connectivity index (χ2v) is 3.26. The largest absolute Gasteiger partial charge is 0.479 e. The summed E-state index contributed by atoms with van der Waals surface area (Å²) in [6, 6.07) is 0. The minimum atomic E-state index is -5.88. The Bertz CT molecular complexity index is 325. The van der Waals surface area contributed by atoms with Gasteiger partial charge in [-0.15, -0.1) is 0 Å². The van der Waals surface area contributed by atoms with Crippen LogP contribution in [-0.4, -0.2) is 46.3 Å². The molecule has 0 bridgehead atoms. The summed E-state index contributed by atoms with van der Waals surface area (Å²) in [5.74, 6) is -9.16. The lowest BCUT2D eigenvalue weighted by atomic mass is 10.1. The Labute approximate surface area is 91.2 Å². The molecule has 0 heterocycles. The smallest absolute Gasteiger partial charge is 0.455 e. The van der Waals surface area contributed by atoms with Crippen LogP contribution in [0.2, 0.25) is 0 Å². The van der Waals surface area contributed by atoms with Crippen LogP contribution in [-0.2, 0) is 9.59 Å². The van der Waals surface area contributed by atoms with Crippen molar-refractivity contribution in [3.05, 3.63) is 0 Å². The highest BCUT2D eigenvalue weighted by Gasteiger charge is 2.57. The second kappa shape index (κ2) is 4.43. The molecule has 0 aliphatic heterocycles. The SMILES string of the molecule is C[C@@](O)(C(=O)O)C(=O)NCC(F)(F)C(F)(F)F. The summed E-state index contributed by atoms with van der Waals surface area (Å²) in [6.07, 6.45) is -5.88. The highest BCUT2D eigenvalue weighted by atomic mass is 19.4. The molecule has 0 unspecified atom stereocenters. The van der Waals surface area contributed by atoms with Crippen LogP contribution in [0.5, 0.6) is 0 Å². The van der Waals surface area contributed by atoms with Crippen LogP contribution in [0.3, 0.4) is 0 Å². The third kappa shape index (κ3) is 3.51. The number of aliphatic hydroxyl groups is 1. The van der Waals surface area contributed by atoms with Crippen LogP contribution in [0.15, 0.2) is 0 Å². The van der Waals surface area contributed by atoms with Gasteiger partial charge in [0.05, 0.1) is 6.54 Å². The Kier molecular flexibility index (Phi) is 4.05. The molecular formula is C7H8F5NO4. The summed E-state index contributed by atoms with van der Waals surface area (Å²) in [4.78, 5) is 21.1. The highest BCUT2D eigenvalue weighted by Crippen LogP contribution is 2.34. The van der Waals surface area contributed by atoms with E-state index in [-0.39, 0.29) is 0 Å². The summed E-state index contributed by atoms with van der Waals surface area (Å²) < 4.78 is 59.6. The molecule has 10 heteroatoms. The molecule has 0 aromatic rings. The van der Waals surface area contributed by atoms with Gasteiger partial charge in [-0.1, -0.05) is 0 Å². The zero-order valence-corrected chi connectivity index (χ0v) is 8.31. The summed E-state index contributed by atoms with van der Waals surface area (Å²) in [7, 11) is 0. The van der Waals surface area contributed by atoms with Crippen molar-refractivity contribution in [2.75, 3.05) is 6.54 Å². The number of aliphatic carboxylic acids is 1. The average Bonchev–Trinajstić information content (AvgIpc) is 2.11. The molecule has 0 saturated carbocycles. The topological polar surface area (TPSA) is 86.6 Å². The van der Waals surface area contributed by atoms with Crippen molar-refractivity contribution < 1.29 is 41.8 Å². The number of rotatable bonds is 4. The molecule has 0 spiro atoms. The summed E-state index contributed by atoms with van der Waals surface area (Å²) >= 11 is 0. The van der Waals surface area contributed by atoms with Crippen molar-refractivity contribution in [1.29, 1.82) is 0 Å². The quantitative estimate of drug-likeness (QED) is 0.498. The molecule has 0 aromatic heterocycles. The molecule has 3 N–H and O–H groups in total. The molecule has 1 atom stereocenters. The van der Waals surface area contributed by atoms with Crippen LogP contribution < -0.4 is 5.32 Å². The van der Waals surface area contributed by atoms with Crippen molar-refractivity contribution in [3.63, 3.8) is 0 Å². The molecule has 1 amide bonds. The zero-order chi connectivity index (χ0) is 14.1. The maximum Gasteiger partial charge on any atom is 0.455 e. The van der Waals surface area contributed by atoms with Gasteiger partial charge in [0.1, 0.15) is 0 Å². The van der Waals surface area contributed by atoms with E-state index in [4.69, 9.17) is 10.2 Å². The number of amides is 1. The highest BCUT2D eigenvalue weighted by molar-refractivity contribution is 6.04. The molecule has 0 aliphatic rings. The van der Waals surface area contributed by atoms with Crippen LogP contribution in [0, 0.1) is 0 Å². The first kappa shape index (κ1) is 15.5. The van der Waals surface area contributed by atoms with E-state index in [1.165, 1.54) is 0 Å². The third-order valence-electron chi connectivity index (χ3n) is 1.74. The molecule has 17 heavy (non-hydrogen) atoms. The number of hydrogen-bond donors (Lipinski definition) is 3. The van der Waals surface area contributed by atoms with Gasteiger partial charge in [-0.3, -0.25) is 4.79 Å². The fraction of sp³-hybridized carbons (Fsp3) is 0.714. The number of carboxylic acid groups (broad SMARTS) is 1. The number of hydrogen-bond acceptors (Lipinski definition) is 3. The van der Waals surface area contributed by atoms with Crippen molar-refractivity contribution in [2.45, 2.75) is 24.6 Å². The summed E-state index contributed by atoms with van der Waals surface area (Å²) in [6.45, 7) is -1.71. The van der Waals surface area contributed by atoms with E-state index < -0.39 is 36.1 Å². The molecule has 0 fully saturated rings. The van der Waals surface area contributed by atoms with E-state index in [9.17, 15) is 31.5 Å². The minimum Gasteiger partial charge on any atom is -0.479 e. The standard InChI is InChI=1S/C7H8F5NO4/c1-5(17,4(15)16)3(14)13-2-6(8,9)7(10,11)12/h17H,2H2,1H3,(H,13,14)(H,15,16)/t5-/m0/s1. The Morgan fingerprint density at radius 1 is 1.18 bits per heavy atom. The number of alkyl halides is 5. The van der Waals surface area contributed by atoms with Crippen molar-refractivity contribution in [1.82, 2.24) is 5.32 Å². The van der Waals surface area contributed by atoms with Crippen molar-refractivity contribution in [3.8, 4) is 0 Å². The van der Waals surface area contributed by atoms with Gasteiger partial charge in [-0.05, 0) is 6.92 Å². The lowest BCUT2D eigenvalue weighted by Crippen LogP contribution is -2.55. The second-order valence-electron chi connectivity index (χ2n) is 3.26. The van der Waals surface area contributed by atoms with E-state index in [1.54, 1.807) is 0 Å². The third-order valence-corrected chi connectivity index (χ3v) is 1.74. The van der Waals surface area contributed by atoms with E-state index in [0.717, 1.165) is 5.32 Å². The fourth-order valence-electron chi connectivity index (χ4n) is 0.561. The maximum absolute atomic E-state index is 12.3. The Morgan fingerprint density at radius 2 is 1.59 bits per heavy atom. The maximum atomic E-state index is 12.3. The Balaban J connectivity index is 4.61. The van der Waals surface area contributed by atoms with E-state index in [1.807, 2.05) is 0 Å². The number of carbonyl (C=O) groups excluding carboxylic acids is 1. The summed E-state index contributed by atoms with van der Waals surface area (Å²) in [5.41, 5.74) is -3.08. The lowest BCUT2D eigenvalue weighted by molar-refractivity contribution is -0.278. The van der Waals surface area contributed by atoms with Crippen LogP contribution in [0.4, 0.5) is 22.0 Å². The van der Waals surface area contributed by atoms with Gasteiger partial charge < -0.3 is 15.5 Å². The monoisotopic (exact) mass is 265 g/mol. The molecule has 0 saturated heterocycles. The van der Waals surface area contributed by atoms with Crippen molar-refractivity contribution >= 4 is 11.9 Å². The molecule has 100 valence electrons. The van der Waals surface area contributed by atoms with Crippen LogP contribution >= 0.6 is 0 Å². The van der Waals surface area contributed by atoms with E-state index >= 15 is 0 Å². The molecular weight excluding hydrogens is 257 g/mol. The van der Waals surface area contributed by atoms with Gasteiger partial charge in [0.25, 0.3) is 5.91 Å². The first-order chi connectivity index (χ1) is 7.32. The van der Waals surface area contributed by atoms with Crippen molar-refractivity contribution in [2.24, 2.45) is 0 Å². The van der Waals surface area contributed by atoms with Gasteiger partial charge in [0, 0.05) is 0 Å². The Hall–Kier alpha value is -1.45. The number of carbonyl (C=O) groups is 2. The predicted molar refractivity (Wildman–Crippen MR) is 42.3 cm³/mol. The number of carboxylic acids is 1. The minimum absolute atomic E-state index is 0.441.